The average molecular weight is 263 g/mol. The fraction of sp³-hybridized carbons (Fsp3) is 0.533. The van der Waals surface area contributed by atoms with E-state index in [1.807, 2.05) is 12.1 Å². The van der Waals surface area contributed by atoms with Gasteiger partial charge in [0.1, 0.15) is 0 Å². The first-order chi connectivity index (χ1) is 9.20. The van der Waals surface area contributed by atoms with Crippen LogP contribution >= 0.6 is 0 Å². The van der Waals surface area contributed by atoms with Gasteiger partial charge in [0.15, 0.2) is 0 Å². The molecule has 0 saturated heterocycles. The molecule has 2 rings (SSSR count). The van der Waals surface area contributed by atoms with Gasteiger partial charge in [-0.3, -0.25) is 4.90 Å². The SMILES string of the molecule is O=C(O)c1ccc(CN(CCCO)C2CCC2)cc1. The predicted molar refractivity (Wildman–Crippen MR) is 73.2 cm³/mol. The quantitative estimate of drug-likeness (QED) is 0.791. The fourth-order valence-corrected chi connectivity index (χ4v) is 2.40. The summed E-state index contributed by atoms with van der Waals surface area (Å²) >= 11 is 0. The number of nitrogens with zero attached hydrogens (tertiary/aromatic N) is 1. The topological polar surface area (TPSA) is 60.8 Å². The van der Waals surface area contributed by atoms with Crippen molar-refractivity contribution in [1.82, 2.24) is 4.90 Å². The number of carboxylic acids is 1. The molecule has 0 bridgehead atoms. The first kappa shape index (κ1) is 14.0. The number of benzene rings is 1. The van der Waals surface area contributed by atoms with Crippen molar-refractivity contribution in [2.75, 3.05) is 13.2 Å². The van der Waals surface area contributed by atoms with Gasteiger partial charge in [0.25, 0.3) is 0 Å². The molecule has 4 heteroatoms. The fourth-order valence-electron chi connectivity index (χ4n) is 2.40. The van der Waals surface area contributed by atoms with E-state index in [1.165, 1.54) is 19.3 Å². The van der Waals surface area contributed by atoms with Gasteiger partial charge in [0.2, 0.25) is 0 Å². The average Bonchev–Trinajstić information content (AvgIpc) is 2.34. The summed E-state index contributed by atoms with van der Waals surface area (Å²) in [4.78, 5) is 13.2. The van der Waals surface area contributed by atoms with Crippen molar-refractivity contribution < 1.29 is 15.0 Å². The highest BCUT2D eigenvalue weighted by molar-refractivity contribution is 5.87. The van der Waals surface area contributed by atoms with Gasteiger partial charge in [-0.2, -0.15) is 0 Å². The summed E-state index contributed by atoms with van der Waals surface area (Å²) in [5.41, 5.74) is 1.46. The van der Waals surface area contributed by atoms with Gasteiger partial charge in [0, 0.05) is 25.7 Å². The molecule has 0 amide bonds. The van der Waals surface area contributed by atoms with Gasteiger partial charge in [-0.1, -0.05) is 18.6 Å². The van der Waals surface area contributed by atoms with Gasteiger partial charge in [-0.25, -0.2) is 4.79 Å². The number of aromatic carboxylic acids is 1. The molecule has 19 heavy (non-hydrogen) atoms. The number of hydrogen-bond acceptors (Lipinski definition) is 3. The lowest BCUT2D eigenvalue weighted by Crippen LogP contribution is -2.40. The minimum Gasteiger partial charge on any atom is -0.478 e. The minimum atomic E-state index is -0.886. The minimum absolute atomic E-state index is 0.223. The molecule has 0 spiro atoms. The van der Waals surface area contributed by atoms with Crippen LogP contribution in [0, 0.1) is 0 Å². The number of carbonyl (C=O) groups is 1. The molecule has 1 aromatic rings. The number of hydrogen-bond donors (Lipinski definition) is 2. The van der Waals surface area contributed by atoms with E-state index in [-0.39, 0.29) is 6.61 Å². The monoisotopic (exact) mass is 263 g/mol. The van der Waals surface area contributed by atoms with Crippen LogP contribution in [0.5, 0.6) is 0 Å². The number of carboxylic acid groups (broad SMARTS) is 1. The summed E-state index contributed by atoms with van der Waals surface area (Å²) in [7, 11) is 0. The molecule has 1 aliphatic carbocycles. The van der Waals surface area contributed by atoms with Crippen molar-refractivity contribution in [2.45, 2.75) is 38.3 Å². The molecule has 1 fully saturated rings. The van der Waals surface area contributed by atoms with Crippen LogP contribution in [0.2, 0.25) is 0 Å². The number of aliphatic hydroxyl groups excluding tert-OH is 1. The maximum atomic E-state index is 10.8. The lowest BCUT2D eigenvalue weighted by atomic mass is 9.91. The van der Waals surface area contributed by atoms with Gasteiger partial charge < -0.3 is 10.2 Å². The second-order valence-electron chi connectivity index (χ2n) is 5.13. The molecule has 0 radical (unpaired) electrons. The van der Waals surface area contributed by atoms with E-state index in [4.69, 9.17) is 10.2 Å². The third-order valence-corrected chi connectivity index (χ3v) is 3.78. The molecular weight excluding hydrogens is 242 g/mol. The van der Waals surface area contributed by atoms with Crippen molar-refractivity contribution in [1.29, 1.82) is 0 Å². The zero-order valence-corrected chi connectivity index (χ0v) is 11.1. The molecule has 104 valence electrons. The Morgan fingerprint density at radius 2 is 1.95 bits per heavy atom. The molecule has 0 atom stereocenters. The van der Waals surface area contributed by atoms with E-state index in [0.717, 1.165) is 25.1 Å². The molecule has 1 aromatic carbocycles. The summed E-state index contributed by atoms with van der Waals surface area (Å²) in [5.74, 6) is -0.886. The molecule has 2 N–H and O–H groups in total. The predicted octanol–water partition coefficient (Wildman–Crippen LogP) is 2.12. The Bertz CT molecular complexity index is 412. The van der Waals surface area contributed by atoms with Crippen molar-refractivity contribution in [3.05, 3.63) is 35.4 Å². The summed E-state index contributed by atoms with van der Waals surface area (Å²) in [6.45, 7) is 1.97. The lowest BCUT2D eigenvalue weighted by molar-refractivity contribution is 0.0696. The van der Waals surface area contributed by atoms with Gasteiger partial charge >= 0.3 is 5.97 Å². The van der Waals surface area contributed by atoms with Crippen LogP contribution in [-0.2, 0) is 6.54 Å². The van der Waals surface area contributed by atoms with E-state index in [2.05, 4.69) is 4.90 Å². The summed E-state index contributed by atoms with van der Waals surface area (Å²) in [5, 5.41) is 17.8. The first-order valence-electron chi connectivity index (χ1n) is 6.88. The molecule has 0 aromatic heterocycles. The number of rotatable bonds is 7. The Hall–Kier alpha value is -1.39. The van der Waals surface area contributed by atoms with Gasteiger partial charge in [0.05, 0.1) is 5.56 Å². The van der Waals surface area contributed by atoms with Crippen LogP contribution in [0.15, 0.2) is 24.3 Å². The first-order valence-corrected chi connectivity index (χ1v) is 6.88. The lowest BCUT2D eigenvalue weighted by Gasteiger charge is -2.37. The normalized spacial score (nSPS) is 15.5. The standard InChI is InChI=1S/C15H21NO3/c17-10-2-9-16(14-3-1-4-14)11-12-5-7-13(8-6-12)15(18)19/h5-8,14,17H,1-4,9-11H2,(H,18,19). The van der Waals surface area contributed by atoms with E-state index >= 15 is 0 Å². The molecular formula is C15H21NO3. The Balaban J connectivity index is 1.97. The van der Waals surface area contributed by atoms with Crippen LogP contribution in [0.3, 0.4) is 0 Å². The maximum Gasteiger partial charge on any atom is 0.335 e. The van der Waals surface area contributed by atoms with Crippen LogP contribution in [0.4, 0.5) is 0 Å². The smallest absolute Gasteiger partial charge is 0.335 e. The van der Waals surface area contributed by atoms with E-state index in [0.29, 0.717) is 11.6 Å². The van der Waals surface area contributed by atoms with E-state index < -0.39 is 5.97 Å². The van der Waals surface area contributed by atoms with Crippen LogP contribution in [0.25, 0.3) is 0 Å². The highest BCUT2D eigenvalue weighted by Gasteiger charge is 2.24. The second-order valence-corrected chi connectivity index (χ2v) is 5.13. The third kappa shape index (κ3) is 3.78. The molecule has 0 aliphatic heterocycles. The molecule has 1 saturated carbocycles. The maximum absolute atomic E-state index is 10.8. The Morgan fingerprint density at radius 3 is 2.42 bits per heavy atom. The Kier molecular flexibility index (Phi) is 4.93. The second kappa shape index (κ2) is 6.68. The van der Waals surface area contributed by atoms with Crippen LogP contribution < -0.4 is 0 Å². The molecule has 0 unspecified atom stereocenters. The summed E-state index contributed by atoms with van der Waals surface area (Å²) < 4.78 is 0. The Labute approximate surface area is 113 Å². The van der Waals surface area contributed by atoms with E-state index in [9.17, 15) is 4.79 Å². The van der Waals surface area contributed by atoms with Gasteiger partial charge in [-0.05, 0) is 37.0 Å². The highest BCUT2D eigenvalue weighted by atomic mass is 16.4. The van der Waals surface area contributed by atoms with Crippen LogP contribution in [-0.4, -0.2) is 40.3 Å². The molecule has 4 nitrogen and oxygen atoms in total. The molecule has 0 heterocycles. The van der Waals surface area contributed by atoms with Crippen LogP contribution in [0.1, 0.15) is 41.6 Å². The highest BCUT2D eigenvalue weighted by Crippen LogP contribution is 2.26. The Morgan fingerprint density at radius 1 is 1.26 bits per heavy atom. The summed E-state index contributed by atoms with van der Waals surface area (Å²) in [6.07, 6.45) is 4.55. The van der Waals surface area contributed by atoms with Crippen molar-refractivity contribution in [2.24, 2.45) is 0 Å². The molecule has 1 aliphatic rings. The van der Waals surface area contributed by atoms with Crippen molar-refractivity contribution in [3.63, 3.8) is 0 Å². The zero-order chi connectivity index (χ0) is 13.7. The largest absolute Gasteiger partial charge is 0.478 e. The van der Waals surface area contributed by atoms with Gasteiger partial charge in [-0.15, -0.1) is 0 Å². The van der Waals surface area contributed by atoms with Crippen molar-refractivity contribution in [3.8, 4) is 0 Å². The number of aliphatic hydroxyl groups is 1. The summed E-state index contributed by atoms with van der Waals surface area (Å²) in [6, 6.07) is 7.71. The zero-order valence-electron chi connectivity index (χ0n) is 11.1. The van der Waals surface area contributed by atoms with E-state index in [1.54, 1.807) is 12.1 Å². The third-order valence-electron chi connectivity index (χ3n) is 3.78. The van der Waals surface area contributed by atoms with Crippen molar-refractivity contribution >= 4 is 5.97 Å².